The molecular formula is C11H6Br2FNO4S2. The number of hydrogen-bond acceptors (Lipinski definition) is 4. The Morgan fingerprint density at radius 2 is 1.95 bits per heavy atom. The molecule has 10 heteroatoms. The van der Waals surface area contributed by atoms with E-state index in [4.69, 9.17) is 5.11 Å². The van der Waals surface area contributed by atoms with Crippen LogP contribution in [0.2, 0.25) is 0 Å². The van der Waals surface area contributed by atoms with Crippen LogP contribution in [0.5, 0.6) is 0 Å². The number of carbonyl (C=O) groups is 1. The molecular weight excluding hydrogens is 453 g/mol. The van der Waals surface area contributed by atoms with Crippen molar-refractivity contribution in [2.45, 2.75) is 4.90 Å². The largest absolute Gasteiger partial charge is 0.478 e. The second-order valence-corrected chi connectivity index (χ2v) is 9.19. The Kier molecular flexibility index (Phi) is 4.71. The highest BCUT2D eigenvalue weighted by Gasteiger charge is 2.21. The van der Waals surface area contributed by atoms with Gasteiger partial charge >= 0.3 is 5.97 Å². The molecule has 21 heavy (non-hydrogen) atoms. The van der Waals surface area contributed by atoms with E-state index in [1.54, 1.807) is 0 Å². The third-order valence-corrected chi connectivity index (χ3v) is 6.50. The van der Waals surface area contributed by atoms with Gasteiger partial charge in [-0.3, -0.25) is 4.72 Å². The van der Waals surface area contributed by atoms with Crippen LogP contribution in [-0.2, 0) is 10.0 Å². The number of hydrogen-bond donors (Lipinski definition) is 2. The van der Waals surface area contributed by atoms with Gasteiger partial charge in [-0.05, 0) is 56.1 Å². The fraction of sp³-hybridized carbons (Fsp3) is 0. The number of anilines is 1. The minimum Gasteiger partial charge on any atom is -0.478 e. The summed E-state index contributed by atoms with van der Waals surface area (Å²) in [6.07, 6.45) is 0. The molecule has 0 radical (unpaired) electrons. The lowest BCUT2D eigenvalue weighted by Gasteiger charge is -2.08. The molecule has 2 N–H and O–H groups in total. The molecule has 0 unspecified atom stereocenters. The molecule has 0 atom stereocenters. The van der Waals surface area contributed by atoms with Crippen molar-refractivity contribution in [2.75, 3.05) is 4.72 Å². The molecule has 5 nitrogen and oxygen atoms in total. The van der Waals surface area contributed by atoms with Gasteiger partial charge in [0.05, 0.1) is 13.1 Å². The van der Waals surface area contributed by atoms with E-state index in [1.165, 1.54) is 17.4 Å². The summed E-state index contributed by atoms with van der Waals surface area (Å²) < 4.78 is 40.9. The summed E-state index contributed by atoms with van der Waals surface area (Å²) in [7, 11) is -3.91. The molecule has 0 saturated carbocycles. The normalized spacial score (nSPS) is 11.4. The van der Waals surface area contributed by atoms with Gasteiger partial charge in [0.25, 0.3) is 10.0 Å². The summed E-state index contributed by atoms with van der Waals surface area (Å²) in [5.41, 5.74) is -0.649. The van der Waals surface area contributed by atoms with Crippen LogP contribution in [0.3, 0.4) is 0 Å². The van der Waals surface area contributed by atoms with Crippen LogP contribution >= 0.6 is 43.2 Å². The van der Waals surface area contributed by atoms with Crippen LogP contribution in [0.4, 0.5) is 10.1 Å². The maximum atomic E-state index is 13.3. The number of aromatic carboxylic acids is 1. The second kappa shape index (κ2) is 6.03. The van der Waals surface area contributed by atoms with E-state index in [0.717, 1.165) is 18.2 Å². The van der Waals surface area contributed by atoms with E-state index < -0.39 is 27.4 Å². The molecule has 0 bridgehead atoms. The minimum absolute atomic E-state index is 0.000532. The van der Waals surface area contributed by atoms with Gasteiger partial charge < -0.3 is 5.11 Å². The maximum absolute atomic E-state index is 13.3. The summed E-state index contributed by atoms with van der Waals surface area (Å²) in [4.78, 5) is 10.8. The number of halogens is 3. The molecule has 1 aromatic heterocycles. The third-order valence-electron chi connectivity index (χ3n) is 2.36. The lowest BCUT2D eigenvalue weighted by atomic mass is 10.2. The number of carboxylic acids is 1. The fourth-order valence-corrected chi connectivity index (χ4v) is 6.33. The molecule has 2 rings (SSSR count). The first-order valence-electron chi connectivity index (χ1n) is 5.21. The number of thiophene rings is 1. The highest BCUT2D eigenvalue weighted by molar-refractivity contribution is 9.12. The number of rotatable bonds is 4. The first-order valence-corrected chi connectivity index (χ1v) is 9.10. The molecule has 0 aliphatic rings. The molecule has 1 aromatic carbocycles. The van der Waals surface area contributed by atoms with E-state index in [1.807, 2.05) is 0 Å². The maximum Gasteiger partial charge on any atom is 0.338 e. The highest BCUT2D eigenvalue weighted by Crippen LogP contribution is 2.35. The number of nitrogens with one attached hydrogen (secondary N) is 1. The Balaban J connectivity index is 2.40. The number of carboxylic acid groups (broad SMARTS) is 1. The molecule has 0 spiro atoms. The zero-order chi connectivity index (χ0) is 15.8. The molecule has 0 fully saturated rings. The Bertz CT molecular complexity index is 820. The Labute approximate surface area is 140 Å². The van der Waals surface area contributed by atoms with Crippen molar-refractivity contribution < 1.29 is 22.7 Å². The minimum atomic E-state index is -3.91. The van der Waals surface area contributed by atoms with Crippen LogP contribution in [0, 0.1) is 5.82 Å². The SMILES string of the molecule is O=C(O)c1cc(NS(=O)(=O)c2cc(Br)sc2Br)ccc1F. The Morgan fingerprint density at radius 1 is 1.29 bits per heavy atom. The Hall–Kier alpha value is -0.970. The fourth-order valence-electron chi connectivity index (χ4n) is 1.47. The summed E-state index contributed by atoms with van der Waals surface area (Å²) in [6, 6.07) is 4.36. The summed E-state index contributed by atoms with van der Waals surface area (Å²) in [5, 5.41) is 8.82. The molecule has 1 heterocycles. The summed E-state index contributed by atoms with van der Waals surface area (Å²) in [5.74, 6) is -2.42. The quantitative estimate of drug-likeness (QED) is 0.727. The zero-order valence-electron chi connectivity index (χ0n) is 9.93. The van der Waals surface area contributed by atoms with Crippen molar-refractivity contribution in [2.24, 2.45) is 0 Å². The average molecular weight is 459 g/mol. The molecule has 2 aromatic rings. The lowest BCUT2D eigenvalue weighted by molar-refractivity contribution is 0.0692. The van der Waals surface area contributed by atoms with Gasteiger partial charge in [0, 0.05) is 5.69 Å². The molecule has 0 aliphatic carbocycles. The third kappa shape index (κ3) is 3.62. The number of sulfonamides is 1. The van der Waals surface area contributed by atoms with Crippen LogP contribution < -0.4 is 4.72 Å². The van der Waals surface area contributed by atoms with Crippen molar-refractivity contribution in [1.82, 2.24) is 0 Å². The topological polar surface area (TPSA) is 83.5 Å². The predicted molar refractivity (Wildman–Crippen MR) is 83.9 cm³/mol. The Morgan fingerprint density at radius 3 is 2.48 bits per heavy atom. The van der Waals surface area contributed by atoms with Crippen molar-refractivity contribution in [3.8, 4) is 0 Å². The van der Waals surface area contributed by atoms with E-state index in [2.05, 4.69) is 36.6 Å². The molecule has 0 aliphatic heterocycles. The van der Waals surface area contributed by atoms with E-state index in [9.17, 15) is 17.6 Å². The molecule has 0 amide bonds. The van der Waals surface area contributed by atoms with Gasteiger partial charge in [0.2, 0.25) is 0 Å². The standard InChI is InChI=1S/C11H6Br2FNO4S2/c12-9-4-8(10(13)20-9)21(18,19)15-5-1-2-7(14)6(3-5)11(16)17/h1-4,15H,(H,16,17). The molecule has 0 saturated heterocycles. The molecule has 112 valence electrons. The van der Waals surface area contributed by atoms with Gasteiger partial charge in [0.15, 0.2) is 0 Å². The van der Waals surface area contributed by atoms with E-state index in [0.29, 0.717) is 7.57 Å². The average Bonchev–Trinajstić information content (AvgIpc) is 2.71. The van der Waals surface area contributed by atoms with Gasteiger partial charge in [-0.2, -0.15) is 0 Å². The van der Waals surface area contributed by atoms with Crippen molar-refractivity contribution in [3.05, 3.63) is 43.2 Å². The predicted octanol–water partition coefficient (Wildman–Crippen LogP) is 3.91. The van der Waals surface area contributed by atoms with E-state index >= 15 is 0 Å². The first-order chi connectivity index (χ1) is 9.70. The van der Waals surface area contributed by atoms with Gasteiger partial charge in [-0.15, -0.1) is 11.3 Å². The van der Waals surface area contributed by atoms with Crippen molar-refractivity contribution >= 4 is 64.9 Å². The smallest absolute Gasteiger partial charge is 0.338 e. The van der Waals surface area contributed by atoms with Crippen molar-refractivity contribution in [3.63, 3.8) is 0 Å². The van der Waals surface area contributed by atoms with Crippen LogP contribution in [0.1, 0.15) is 10.4 Å². The van der Waals surface area contributed by atoms with E-state index in [-0.39, 0.29) is 10.6 Å². The monoisotopic (exact) mass is 457 g/mol. The van der Waals surface area contributed by atoms with Crippen molar-refractivity contribution in [1.29, 1.82) is 0 Å². The lowest BCUT2D eigenvalue weighted by Crippen LogP contribution is -2.13. The van der Waals surface area contributed by atoms with Gasteiger partial charge in [-0.1, -0.05) is 0 Å². The highest BCUT2D eigenvalue weighted by atomic mass is 79.9. The van der Waals surface area contributed by atoms with Crippen LogP contribution in [0.15, 0.2) is 36.7 Å². The second-order valence-electron chi connectivity index (χ2n) is 3.79. The zero-order valence-corrected chi connectivity index (χ0v) is 14.7. The van der Waals surface area contributed by atoms with Crippen LogP contribution in [-0.4, -0.2) is 19.5 Å². The number of benzene rings is 1. The first kappa shape index (κ1) is 16.4. The van der Waals surface area contributed by atoms with Crippen LogP contribution in [0.25, 0.3) is 0 Å². The van der Waals surface area contributed by atoms with Gasteiger partial charge in [0.1, 0.15) is 10.7 Å². The van der Waals surface area contributed by atoms with Gasteiger partial charge in [-0.25, -0.2) is 17.6 Å². The summed E-state index contributed by atoms with van der Waals surface area (Å²) >= 11 is 7.48. The summed E-state index contributed by atoms with van der Waals surface area (Å²) in [6.45, 7) is 0.